The average Bonchev–Trinajstić information content (AvgIpc) is 2.68. The Morgan fingerprint density at radius 3 is 2.30 bits per heavy atom. The molecule has 3 rings (SSSR count). The molecule has 3 atom stereocenters. The van der Waals surface area contributed by atoms with Crippen molar-refractivity contribution < 1.29 is 14.6 Å². The van der Waals surface area contributed by atoms with Crippen molar-refractivity contribution in [1.82, 2.24) is 4.90 Å². The first-order valence-electron chi connectivity index (χ1n) is 9.18. The quantitative estimate of drug-likeness (QED) is 0.605. The van der Waals surface area contributed by atoms with Crippen LogP contribution in [0.25, 0.3) is 5.57 Å². The molecule has 0 aromatic heterocycles. The van der Waals surface area contributed by atoms with Gasteiger partial charge in [0.1, 0.15) is 17.9 Å². The highest BCUT2D eigenvalue weighted by molar-refractivity contribution is 5.90. The van der Waals surface area contributed by atoms with Crippen LogP contribution in [0, 0.1) is 5.92 Å². The lowest BCUT2D eigenvalue weighted by Crippen LogP contribution is -2.71. The summed E-state index contributed by atoms with van der Waals surface area (Å²) in [4.78, 5) is 14.4. The maximum absolute atomic E-state index is 12.7. The minimum Gasteiger partial charge on any atom is -0.478 e. The lowest BCUT2D eigenvalue weighted by Gasteiger charge is -2.49. The molecule has 1 fully saturated rings. The Morgan fingerprint density at radius 2 is 1.74 bits per heavy atom. The molecule has 0 unspecified atom stereocenters. The van der Waals surface area contributed by atoms with Crippen LogP contribution in [0.3, 0.4) is 0 Å². The summed E-state index contributed by atoms with van der Waals surface area (Å²) in [5.41, 5.74) is 4.27. The Bertz CT molecular complexity index is 825. The third kappa shape index (κ3) is 3.97. The van der Waals surface area contributed by atoms with Gasteiger partial charge in [0.15, 0.2) is 6.10 Å². The molecule has 1 aliphatic rings. The zero-order valence-corrected chi connectivity index (χ0v) is 15.7. The number of aliphatic hydroxyl groups excluding tert-OH is 1. The number of carbonyl (C=O) groups excluding carboxylic acids is 1. The van der Waals surface area contributed by atoms with E-state index in [9.17, 15) is 9.90 Å². The first-order chi connectivity index (χ1) is 13.0. The first-order valence-corrected chi connectivity index (χ1v) is 9.18. The summed E-state index contributed by atoms with van der Waals surface area (Å²) in [6, 6.07) is 18.2. The van der Waals surface area contributed by atoms with Gasteiger partial charge in [-0.2, -0.15) is 0 Å². The zero-order valence-electron chi connectivity index (χ0n) is 15.7. The largest absolute Gasteiger partial charge is 0.478 e. The van der Waals surface area contributed by atoms with Crippen molar-refractivity contribution in [3.63, 3.8) is 0 Å². The predicted octanol–water partition coefficient (Wildman–Crippen LogP) is 3.53. The Balaban J connectivity index is 1.88. The second kappa shape index (κ2) is 8.26. The maximum atomic E-state index is 12.7. The van der Waals surface area contributed by atoms with E-state index in [0.29, 0.717) is 17.9 Å². The second-order valence-electron chi connectivity index (χ2n) is 7.13. The molecular formula is C23H25NO3. The molecule has 0 spiro atoms. The van der Waals surface area contributed by atoms with Gasteiger partial charge in [-0.05, 0) is 23.6 Å². The van der Waals surface area contributed by atoms with Gasteiger partial charge in [0, 0.05) is 12.1 Å². The second-order valence-corrected chi connectivity index (χ2v) is 7.13. The molecule has 4 heteroatoms. The molecule has 1 N–H and O–H groups in total. The number of hydrogen-bond acceptors (Lipinski definition) is 3. The van der Waals surface area contributed by atoms with Gasteiger partial charge < -0.3 is 14.7 Å². The Labute approximate surface area is 160 Å². The fourth-order valence-electron chi connectivity index (χ4n) is 3.41. The molecule has 2 aromatic rings. The monoisotopic (exact) mass is 363 g/mol. The average molecular weight is 363 g/mol. The molecule has 27 heavy (non-hydrogen) atoms. The number of nitrogens with zero attached hydrogens (tertiary/aromatic N) is 1. The zero-order chi connectivity index (χ0) is 19.4. The molecule has 1 amide bonds. The van der Waals surface area contributed by atoms with Gasteiger partial charge >= 0.3 is 0 Å². The molecular weight excluding hydrogens is 338 g/mol. The number of aliphatic hydroxyl groups is 1. The van der Waals surface area contributed by atoms with Gasteiger partial charge in [-0.3, -0.25) is 4.79 Å². The van der Waals surface area contributed by atoms with Crippen LogP contribution in [0.15, 0.2) is 73.0 Å². The van der Waals surface area contributed by atoms with Crippen LogP contribution in [0.5, 0.6) is 5.75 Å². The van der Waals surface area contributed by atoms with E-state index < -0.39 is 18.2 Å². The SMILES string of the molecule is C=C=C(c1ccccc1)[C@H](O)[C@H]1[C@@H](Oc2ccccc2)C(=O)N1CC(C)C. The van der Waals surface area contributed by atoms with Crippen LogP contribution in [-0.4, -0.2) is 40.7 Å². The van der Waals surface area contributed by atoms with Crippen molar-refractivity contribution in [2.45, 2.75) is 32.1 Å². The highest BCUT2D eigenvalue weighted by atomic mass is 16.5. The van der Waals surface area contributed by atoms with Crippen LogP contribution >= 0.6 is 0 Å². The summed E-state index contributed by atoms with van der Waals surface area (Å²) in [5.74, 6) is 0.795. The normalized spacial score (nSPS) is 20.0. The number of likely N-dealkylation sites (tertiary alicyclic amines) is 1. The highest BCUT2D eigenvalue weighted by Crippen LogP contribution is 2.33. The molecule has 1 aliphatic heterocycles. The van der Waals surface area contributed by atoms with Gasteiger partial charge in [-0.15, -0.1) is 5.73 Å². The minimum absolute atomic E-state index is 0.104. The van der Waals surface area contributed by atoms with E-state index in [0.717, 1.165) is 5.56 Å². The predicted molar refractivity (Wildman–Crippen MR) is 106 cm³/mol. The summed E-state index contributed by atoms with van der Waals surface area (Å²) < 4.78 is 5.93. The number of amides is 1. The van der Waals surface area contributed by atoms with Gasteiger partial charge in [-0.1, -0.05) is 69.0 Å². The molecule has 4 nitrogen and oxygen atoms in total. The summed E-state index contributed by atoms with van der Waals surface area (Å²) >= 11 is 0. The Kier molecular flexibility index (Phi) is 5.80. The molecule has 140 valence electrons. The van der Waals surface area contributed by atoms with Crippen LogP contribution in [0.1, 0.15) is 19.4 Å². The van der Waals surface area contributed by atoms with E-state index in [1.54, 1.807) is 4.90 Å². The molecule has 2 aromatic carbocycles. The van der Waals surface area contributed by atoms with E-state index in [1.165, 1.54) is 0 Å². The van der Waals surface area contributed by atoms with Gasteiger partial charge in [0.25, 0.3) is 5.91 Å². The lowest BCUT2D eigenvalue weighted by atomic mass is 9.85. The fourth-order valence-corrected chi connectivity index (χ4v) is 3.41. The molecule has 1 saturated heterocycles. The third-order valence-corrected chi connectivity index (χ3v) is 4.66. The van der Waals surface area contributed by atoms with Crippen molar-refractivity contribution in [3.05, 3.63) is 78.5 Å². The summed E-state index contributed by atoms with van der Waals surface area (Å²) in [7, 11) is 0. The summed E-state index contributed by atoms with van der Waals surface area (Å²) in [6.45, 7) is 8.40. The van der Waals surface area contributed by atoms with Gasteiger partial charge in [0.2, 0.25) is 0 Å². The Morgan fingerprint density at radius 1 is 1.15 bits per heavy atom. The number of rotatable bonds is 7. The number of β-lactam (4-membered cyclic amide) rings is 1. The van der Waals surface area contributed by atoms with Gasteiger partial charge in [-0.25, -0.2) is 0 Å². The maximum Gasteiger partial charge on any atom is 0.266 e. The van der Waals surface area contributed by atoms with Crippen molar-refractivity contribution in [1.29, 1.82) is 0 Å². The standard InChI is InChI=1S/C23H25NO3/c1-4-19(17-11-7-5-8-12-17)21(25)20-22(23(26)24(20)15-16(2)3)27-18-13-9-6-10-14-18/h5-14,16,20-22,25H,1,15H2,2-3H3/t20-,21-,22+/m0/s1. The van der Waals surface area contributed by atoms with E-state index in [1.807, 2.05) is 74.5 Å². The summed E-state index contributed by atoms with van der Waals surface area (Å²) in [5, 5.41) is 11.1. The van der Waals surface area contributed by atoms with Crippen LogP contribution in [0.2, 0.25) is 0 Å². The van der Waals surface area contributed by atoms with E-state index in [2.05, 4.69) is 12.3 Å². The number of carbonyl (C=O) groups is 1. The number of benzene rings is 2. The van der Waals surface area contributed by atoms with Crippen molar-refractivity contribution in [2.24, 2.45) is 5.92 Å². The lowest BCUT2D eigenvalue weighted by molar-refractivity contribution is -0.170. The summed E-state index contributed by atoms with van der Waals surface area (Å²) in [6.07, 6.45) is -1.66. The molecule has 0 bridgehead atoms. The van der Waals surface area contributed by atoms with Crippen LogP contribution < -0.4 is 4.74 Å². The minimum atomic E-state index is -0.935. The Hall–Kier alpha value is -2.81. The smallest absolute Gasteiger partial charge is 0.266 e. The number of hydrogen-bond donors (Lipinski definition) is 1. The third-order valence-electron chi connectivity index (χ3n) is 4.66. The van der Waals surface area contributed by atoms with Crippen molar-refractivity contribution in [3.8, 4) is 5.75 Å². The highest BCUT2D eigenvalue weighted by Gasteiger charge is 2.53. The molecule has 1 heterocycles. The van der Waals surface area contributed by atoms with E-state index >= 15 is 0 Å². The van der Waals surface area contributed by atoms with Gasteiger partial charge in [0.05, 0.1) is 0 Å². The molecule has 0 radical (unpaired) electrons. The molecule has 0 aliphatic carbocycles. The van der Waals surface area contributed by atoms with E-state index in [4.69, 9.17) is 4.74 Å². The van der Waals surface area contributed by atoms with Crippen LogP contribution in [-0.2, 0) is 4.79 Å². The fraction of sp³-hybridized carbons (Fsp3) is 0.304. The van der Waals surface area contributed by atoms with Crippen molar-refractivity contribution >= 4 is 11.5 Å². The topological polar surface area (TPSA) is 49.8 Å². The van der Waals surface area contributed by atoms with E-state index in [-0.39, 0.29) is 11.8 Å². The first kappa shape index (κ1) is 19.0. The van der Waals surface area contributed by atoms with Crippen molar-refractivity contribution in [2.75, 3.05) is 6.54 Å². The van der Waals surface area contributed by atoms with Crippen LogP contribution in [0.4, 0.5) is 0 Å². The number of para-hydroxylation sites is 1. The number of ether oxygens (including phenoxy) is 1. The molecule has 0 saturated carbocycles.